The molecule has 0 spiro atoms. The number of nitrogens with one attached hydrogen (secondary N) is 1. The fourth-order valence-electron chi connectivity index (χ4n) is 0.921. The minimum Gasteiger partial charge on any atom is -0.398 e. The molecular formula is C7H5ClF2N2O2. The lowest BCUT2D eigenvalue weighted by Gasteiger charge is -2.03. The number of pyridine rings is 1. The number of alkyl halides is 2. The van der Waals surface area contributed by atoms with Crippen LogP contribution in [0.1, 0.15) is 22.5 Å². The topological polar surface area (TPSA) is 76.0 Å². The van der Waals surface area contributed by atoms with Crippen molar-refractivity contribution >= 4 is 22.5 Å². The van der Waals surface area contributed by atoms with Gasteiger partial charge in [0.25, 0.3) is 17.2 Å². The van der Waals surface area contributed by atoms with E-state index in [9.17, 15) is 18.4 Å². The molecule has 0 aromatic carbocycles. The molecule has 14 heavy (non-hydrogen) atoms. The Morgan fingerprint density at radius 3 is 2.50 bits per heavy atom. The van der Waals surface area contributed by atoms with Crippen molar-refractivity contribution in [3.05, 3.63) is 27.7 Å². The van der Waals surface area contributed by atoms with Crippen LogP contribution in [-0.2, 0) is 0 Å². The summed E-state index contributed by atoms with van der Waals surface area (Å²) < 4.78 is 24.2. The van der Waals surface area contributed by atoms with Crippen LogP contribution in [0.4, 0.5) is 14.5 Å². The third kappa shape index (κ3) is 1.90. The first-order chi connectivity index (χ1) is 6.43. The first kappa shape index (κ1) is 10.6. The van der Waals surface area contributed by atoms with E-state index in [0.717, 1.165) is 6.07 Å². The lowest BCUT2D eigenvalue weighted by Crippen LogP contribution is -2.19. The molecule has 4 nitrogen and oxygen atoms in total. The number of H-pyrrole nitrogens is 1. The predicted octanol–water partition coefficient (Wildman–Crippen LogP) is 1.27. The van der Waals surface area contributed by atoms with E-state index in [1.165, 1.54) is 0 Å². The maximum atomic E-state index is 12.1. The van der Waals surface area contributed by atoms with Gasteiger partial charge in [0, 0.05) is 0 Å². The van der Waals surface area contributed by atoms with Crippen molar-refractivity contribution in [3.63, 3.8) is 0 Å². The number of rotatable bonds is 2. The molecule has 0 aliphatic rings. The Labute approximate surface area is 81.7 Å². The second-order valence-electron chi connectivity index (χ2n) is 2.46. The molecule has 0 radical (unpaired) electrons. The van der Waals surface area contributed by atoms with Crippen molar-refractivity contribution in [2.45, 2.75) is 6.43 Å². The van der Waals surface area contributed by atoms with Crippen molar-refractivity contribution in [3.8, 4) is 0 Å². The lowest BCUT2D eigenvalue weighted by atomic mass is 10.2. The Bertz CT molecular complexity index is 430. The van der Waals surface area contributed by atoms with Crippen molar-refractivity contribution in [1.82, 2.24) is 4.98 Å². The second kappa shape index (κ2) is 3.75. The molecule has 7 heteroatoms. The van der Waals surface area contributed by atoms with E-state index >= 15 is 0 Å². The molecule has 0 fully saturated rings. The Hall–Kier alpha value is -1.43. The van der Waals surface area contributed by atoms with Crippen LogP contribution in [0.2, 0.25) is 0 Å². The smallest absolute Gasteiger partial charge is 0.278 e. The summed E-state index contributed by atoms with van der Waals surface area (Å²) in [5.41, 5.74) is 2.67. The normalized spacial score (nSPS) is 10.6. The quantitative estimate of drug-likeness (QED) is 0.740. The number of halogens is 3. The van der Waals surface area contributed by atoms with Gasteiger partial charge in [-0.1, -0.05) is 0 Å². The number of hydrogen-bond donors (Lipinski definition) is 2. The highest BCUT2D eigenvalue weighted by Gasteiger charge is 2.16. The summed E-state index contributed by atoms with van der Waals surface area (Å²) in [6.45, 7) is 0. The minimum atomic E-state index is -2.86. The summed E-state index contributed by atoms with van der Waals surface area (Å²) in [6, 6.07) is 0.807. The fraction of sp³-hybridized carbons (Fsp3) is 0.143. The van der Waals surface area contributed by atoms with Gasteiger partial charge in [-0.15, -0.1) is 0 Å². The van der Waals surface area contributed by atoms with Gasteiger partial charge in [-0.2, -0.15) is 0 Å². The zero-order valence-corrected chi connectivity index (χ0v) is 7.44. The molecule has 1 aromatic rings. The average Bonchev–Trinajstić information content (AvgIpc) is 2.01. The minimum absolute atomic E-state index is 0.357. The van der Waals surface area contributed by atoms with E-state index < -0.39 is 28.5 Å². The number of hydrogen-bond acceptors (Lipinski definition) is 3. The Kier molecular flexibility index (Phi) is 2.85. The van der Waals surface area contributed by atoms with Gasteiger partial charge in [0.1, 0.15) is 5.56 Å². The van der Waals surface area contributed by atoms with Crippen molar-refractivity contribution in [1.29, 1.82) is 0 Å². The molecule has 76 valence electrons. The van der Waals surface area contributed by atoms with Crippen LogP contribution in [0, 0.1) is 0 Å². The molecule has 0 aliphatic carbocycles. The van der Waals surface area contributed by atoms with Gasteiger partial charge < -0.3 is 10.7 Å². The van der Waals surface area contributed by atoms with Gasteiger partial charge in [-0.05, 0) is 17.7 Å². The van der Waals surface area contributed by atoms with Gasteiger partial charge in [-0.3, -0.25) is 9.59 Å². The molecule has 0 atom stereocenters. The van der Waals surface area contributed by atoms with Gasteiger partial charge in [0.15, 0.2) is 0 Å². The van der Waals surface area contributed by atoms with Crippen molar-refractivity contribution in [2.24, 2.45) is 0 Å². The third-order valence-corrected chi connectivity index (χ3v) is 1.71. The van der Waals surface area contributed by atoms with Crippen LogP contribution in [0.15, 0.2) is 10.9 Å². The zero-order chi connectivity index (χ0) is 10.9. The molecule has 1 aromatic heterocycles. The summed E-state index contributed by atoms with van der Waals surface area (Å²) >= 11 is 5.02. The van der Waals surface area contributed by atoms with Crippen LogP contribution in [0.5, 0.6) is 0 Å². The third-order valence-electron chi connectivity index (χ3n) is 1.52. The SMILES string of the molecule is Nc1cc(C(F)F)[nH]c(=O)c1C(=O)Cl. The van der Waals surface area contributed by atoms with E-state index in [0.29, 0.717) is 0 Å². The fourth-order valence-corrected chi connectivity index (χ4v) is 1.12. The van der Waals surface area contributed by atoms with E-state index in [2.05, 4.69) is 0 Å². The molecular weight excluding hydrogens is 218 g/mol. The number of nitrogen functional groups attached to an aromatic ring is 1. The largest absolute Gasteiger partial charge is 0.398 e. The Morgan fingerprint density at radius 2 is 2.14 bits per heavy atom. The maximum Gasteiger partial charge on any atom is 0.278 e. The summed E-state index contributed by atoms with van der Waals surface area (Å²) in [4.78, 5) is 23.5. The average molecular weight is 223 g/mol. The molecule has 0 saturated heterocycles. The Balaban J connectivity index is 3.40. The van der Waals surface area contributed by atoms with E-state index in [-0.39, 0.29) is 5.69 Å². The number of anilines is 1. The Morgan fingerprint density at radius 1 is 1.57 bits per heavy atom. The van der Waals surface area contributed by atoms with Crippen molar-refractivity contribution < 1.29 is 13.6 Å². The molecule has 0 amide bonds. The molecule has 1 rings (SSSR count). The molecule has 1 heterocycles. The van der Waals surface area contributed by atoms with Crippen LogP contribution in [0.3, 0.4) is 0 Å². The number of carbonyl (C=O) groups is 1. The summed E-state index contributed by atoms with van der Waals surface area (Å²) in [7, 11) is 0. The predicted molar refractivity (Wildman–Crippen MR) is 46.6 cm³/mol. The first-order valence-corrected chi connectivity index (χ1v) is 3.82. The van der Waals surface area contributed by atoms with E-state index in [4.69, 9.17) is 17.3 Å². The zero-order valence-electron chi connectivity index (χ0n) is 6.68. The molecule has 0 aliphatic heterocycles. The lowest BCUT2D eigenvalue weighted by molar-refractivity contribution is 0.107. The molecule has 0 saturated carbocycles. The van der Waals surface area contributed by atoms with Gasteiger partial charge >= 0.3 is 0 Å². The first-order valence-electron chi connectivity index (χ1n) is 3.44. The van der Waals surface area contributed by atoms with Crippen molar-refractivity contribution in [2.75, 3.05) is 5.73 Å². The summed E-state index contributed by atoms with van der Waals surface area (Å²) in [5, 5.41) is -1.08. The maximum absolute atomic E-state index is 12.1. The van der Waals surface area contributed by atoms with E-state index in [1.807, 2.05) is 0 Å². The van der Waals surface area contributed by atoms with Gasteiger partial charge in [-0.25, -0.2) is 8.78 Å². The van der Waals surface area contributed by atoms with Gasteiger partial charge in [0.2, 0.25) is 0 Å². The van der Waals surface area contributed by atoms with Crippen LogP contribution in [0.25, 0.3) is 0 Å². The highest BCUT2D eigenvalue weighted by atomic mass is 35.5. The molecule has 0 bridgehead atoms. The molecule has 0 unspecified atom stereocenters. The highest BCUT2D eigenvalue weighted by molar-refractivity contribution is 6.68. The number of aromatic nitrogens is 1. The second-order valence-corrected chi connectivity index (χ2v) is 2.80. The van der Waals surface area contributed by atoms with Crippen LogP contribution < -0.4 is 11.3 Å². The van der Waals surface area contributed by atoms with Crippen LogP contribution >= 0.6 is 11.6 Å². The number of carbonyl (C=O) groups excluding carboxylic acids is 1. The van der Waals surface area contributed by atoms with Crippen LogP contribution in [-0.4, -0.2) is 10.2 Å². The number of aromatic amines is 1. The standard InChI is InChI=1S/C7H5ClF2N2O2/c8-5(13)4-2(11)1-3(6(9)10)12-7(4)14/h1,6H,(H3,11,12,14). The monoisotopic (exact) mass is 222 g/mol. The summed E-state index contributed by atoms with van der Waals surface area (Å²) in [5.74, 6) is 0. The highest BCUT2D eigenvalue weighted by Crippen LogP contribution is 2.19. The number of nitrogens with two attached hydrogens (primary N) is 1. The molecule has 3 N–H and O–H groups in total. The van der Waals surface area contributed by atoms with Gasteiger partial charge in [0.05, 0.1) is 11.4 Å². The van der Waals surface area contributed by atoms with E-state index in [1.54, 1.807) is 4.98 Å². The summed E-state index contributed by atoms with van der Waals surface area (Å²) in [6.07, 6.45) is -2.86.